The smallest absolute Gasteiger partial charge is 0.0795 e. The summed E-state index contributed by atoms with van der Waals surface area (Å²) in [5.74, 6) is 0. The van der Waals surface area contributed by atoms with Crippen LogP contribution in [0.25, 0.3) is 0 Å². The maximum atomic E-state index is 8.90. The minimum Gasteiger partial charge on any atom is -0.388 e. The normalized spacial score (nSPS) is 27.8. The Morgan fingerprint density at radius 2 is 2.38 bits per heavy atom. The third-order valence-corrected chi connectivity index (χ3v) is 1.10. The average molecular weight is 109 g/mol. The maximum absolute atomic E-state index is 8.90. The van der Waals surface area contributed by atoms with Crippen LogP contribution in [-0.4, -0.2) is 11.2 Å². The predicted molar refractivity (Wildman–Crippen MR) is 33.2 cm³/mol. The van der Waals surface area contributed by atoms with E-state index in [1.54, 1.807) is 12.5 Å². The van der Waals surface area contributed by atoms with Crippen LogP contribution in [0, 0.1) is 6.42 Å². The number of hydrogen-bond acceptors (Lipinski definition) is 1. The molecule has 0 aromatic carbocycles. The molecule has 1 aliphatic carbocycles. The molecule has 1 N–H and O–H groups in total. The highest BCUT2D eigenvalue weighted by atomic mass is 16.3. The zero-order valence-corrected chi connectivity index (χ0v) is 4.83. The molecule has 1 aliphatic rings. The average Bonchev–Trinajstić information content (AvgIpc) is 1.64. The van der Waals surface area contributed by atoms with Crippen LogP contribution in [0.3, 0.4) is 0 Å². The van der Waals surface area contributed by atoms with Crippen molar-refractivity contribution in [3.05, 3.63) is 30.2 Å². The Morgan fingerprint density at radius 3 is 2.75 bits per heavy atom. The molecule has 1 rings (SSSR count). The lowest BCUT2D eigenvalue weighted by Gasteiger charge is -2.05. The van der Waals surface area contributed by atoms with E-state index >= 15 is 0 Å². The summed E-state index contributed by atoms with van der Waals surface area (Å²) in [4.78, 5) is 0. The van der Waals surface area contributed by atoms with E-state index in [0.717, 1.165) is 5.57 Å². The number of allylic oxidation sites excluding steroid dienone is 2. The molecule has 1 nitrogen and oxygen atoms in total. The molecule has 1 atom stereocenters. The first-order chi connectivity index (χ1) is 3.79. The molecule has 0 spiro atoms. The zero-order valence-electron chi connectivity index (χ0n) is 4.83. The van der Waals surface area contributed by atoms with E-state index < -0.39 is 0 Å². The molecule has 0 amide bonds. The van der Waals surface area contributed by atoms with Gasteiger partial charge in [-0.15, -0.1) is 0 Å². The Kier molecular flexibility index (Phi) is 1.49. The fourth-order valence-electron chi connectivity index (χ4n) is 0.702. The monoisotopic (exact) mass is 109 g/mol. The van der Waals surface area contributed by atoms with Crippen molar-refractivity contribution < 1.29 is 5.11 Å². The number of hydrogen-bond donors (Lipinski definition) is 1. The summed E-state index contributed by atoms with van der Waals surface area (Å²) in [6.07, 6.45) is 7.01. The molecule has 0 bridgehead atoms. The van der Waals surface area contributed by atoms with Crippen molar-refractivity contribution in [3.63, 3.8) is 0 Å². The molecule has 1 radical (unpaired) electrons. The van der Waals surface area contributed by atoms with Gasteiger partial charge in [0.05, 0.1) is 6.10 Å². The summed E-state index contributed by atoms with van der Waals surface area (Å²) in [5, 5.41) is 8.90. The van der Waals surface area contributed by atoms with E-state index in [4.69, 9.17) is 5.11 Å². The van der Waals surface area contributed by atoms with E-state index in [9.17, 15) is 0 Å². The minimum absolute atomic E-state index is 0.361. The van der Waals surface area contributed by atoms with Crippen molar-refractivity contribution in [1.82, 2.24) is 0 Å². The van der Waals surface area contributed by atoms with E-state index in [1.165, 1.54) is 0 Å². The summed E-state index contributed by atoms with van der Waals surface area (Å²) >= 11 is 0. The molecule has 0 aliphatic heterocycles. The van der Waals surface area contributed by atoms with Crippen LogP contribution in [0.4, 0.5) is 0 Å². The molecule has 0 aromatic heterocycles. The van der Waals surface area contributed by atoms with Crippen LogP contribution in [-0.2, 0) is 0 Å². The summed E-state index contributed by atoms with van der Waals surface area (Å²) in [5.41, 5.74) is 1.13. The lowest BCUT2D eigenvalue weighted by atomic mass is 10.1. The van der Waals surface area contributed by atoms with Crippen molar-refractivity contribution in [3.8, 4) is 0 Å². The van der Waals surface area contributed by atoms with Crippen LogP contribution in [0.1, 0.15) is 6.92 Å². The van der Waals surface area contributed by atoms with Crippen molar-refractivity contribution in [2.24, 2.45) is 0 Å². The SMILES string of the molecule is CC1=C[C@@H](O)[CH]C=C1. The Hall–Kier alpha value is -0.560. The Labute approximate surface area is 49.3 Å². The van der Waals surface area contributed by atoms with Gasteiger partial charge in [-0.05, 0) is 6.92 Å². The third-order valence-electron chi connectivity index (χ3n) is 1.10. The molecule has 8 heavy (non-hydrogen) atoms. The second kappa shape index (κ2) is 2.14. The van der Waals surface area contributed by atoms with Gasteiger partial charge in [-0.25, -0.2) is 0 Å². The molecular formula is C7H9O. The summed E-state index contributed by atoms with van der Waals surface area (Å²) in [7, 11) is 0. The first-order valence-corrected chi connectivity index (χ1v) is 2.67. The zero-order chi connectivity index (χ0) is 5.98. The van der Waals surface area contributed by atoms with E-state index in [1.807, 2.05) is 19.1 Å². The van der Waals surface area contributed by atoms with Gasteiger partial charge in [-0.3, -0.25) is 0 Å². The van der Waals surface area contributed by atoms with Gasteiger partial charge in [0.15, 0.2) is 0 Å². The number of aliphatic hydroxyl groups is 1. The lowest BCUT2D eigenvalue weighted by molar-refractivity contribution is 0.258. The lowest BCUT2D eigenvalue weighted by Crippen LogP contribution is -2.04. The predicted octanol–water partition coefficient (Wildman–Crippen LogP) is 1.07. The van der Waals surface area contributed by atoms with Crippen LogP contribution >= 0.6 is 0 Å². The Bertz CT molecular complexity index is 133. The molecule has 0 unspecified atom stereocenters. The molecule has 0 fully saturated rings. The topological polar surface area (TPSA) is 20.2 Å². The Morgan fingerprint density at radius 1 is 1.62 bits per heavy atom. The fourth-order valence-corrected chi connectivity index (χ4v) is 0.702. The first-order valence-electron chi connectivity index (χ1n) is 2.67. The van der Waals surface area contributed by atoms with Crippen LogP contribution in [0.2, 0.25) is 0 Å². The van der Waals surface area contributed by atoms with E-state index in [2.05, 4.69) is 0 Å². The van der Waals surface area contributed by atoms with Gasteiger partial charge in [-0.1, -0.05) is 23.8 Å². The van der Waals surface area contributed by atoms with Crippen LogP contribution in [0.15, 0.2) is 23.8 Å². The highest BCUT2D eigenvalue weighted by Gasteiger charge is 2.00. The van der Waals surface area contributed by atoms with Gasteiger partial charge in [0.2, 0.25) is 0 Å². The highest BCUT2D eigenvalue weighted by Crippen LogP contribution is 2.07. The first kappa shape index (κ1) is 5.57. The van der Waals surface area contributed by atoms with Gasteiger partial charge in [-0.2, -0.15) is 0 Å². The number of rotatable bonds is 0. The quantitative estimate of drug-likeness (QED) is 0.493. The summed E-state index contributed by atoms with van der Waals surface area (Å²) in [6, 6.07) is 0. The van der Waals surface area contributed by atoms with Gasteiger partial charge >= 0.3 is 0 Å². The van der Waals surface area contributed by atoms with Gasteiger partial charge in [0.25, 0.3) is 0 Å². The molecule has 0 heterocycles. The molecular weight excluding hydrogens is 100 g/mol. The van der Waals surface area contributed by atoms with Crippen LogP contribution < -0.4 is 0 Å². The largest absolute Gasteiger partial charge is 0.388 e. The fraction of sp³-hybridized carbons (Fsp3) is 0.286. The number of aliphatic hydroxyl groups excluding tert-OH is 1. The Balaban J connectivity index is 2.63. The summed E-state index contributed by atoms with van der Waals surface area (Å²) in [6.45, 7) is 1.96. The minimum atomic E-state index is -0.361. The standard InChI is InChI=1S/C7H9O/c1-6-3-2-4-7(8)5-6/h2-5,7-8H,1H3/t7-/m0/s1. The highest BCUT2D eigenvalue weighted by molar-refractivity contribution is 5.27. The molecule has 0 saturated heterocycles. The van der Waals surface area contributed by atoms with Crippen molar-refractivity contribution >= 4 is 0 Å². The van der Waals surface area contributed by atoms with Crippen molar-refractivity contribution in [1.29, 1.82) is 0 Å². The van der Waals surface area contributed by atoms with Gasteiger partial charge < -0.3 is 5.11 Å². The second-order valence-corrected chi connectivity index (χ2v) is 1.95. The molecule has 1 heteroatoms. The molecule has 43 valence electrons. The van der Waals surface area contributed by atoms with Gasteiger partial charge in [0, 0.05) is 6.42 Å². The molecule has 0 aromatic rings. The van der Waals surface area contributed by atoms with Crippen molar-refractivity contribution in [2.45, 2.75) is 13.0 Å². The van der Waals surface area contributed by atoms with Gasteiger partial charge in [0.1, 0.15) is 0 Å². The second-order valence-electron chi connectivity index (χ2n) is 1.95. The molecule has 0 saturated carbocycles. The van der Waals surface area contributed by atoms with Crippen LogP contribution in [0.5, 0.6) is 0 Å². The van der Waals surface area contributed by atoms with E-state index in [0.29, 0.717) is 0 Å². The van der Waals surface area contributed by atoms with E-state index in [-0.39, 0.29) is 6.10 Å². The van der Waals surface area contributed by atoms with Crippen molar-refractivity contribution in [2.75, 3.05) is 0 Å². The third kappa shape index (κ3) is 1.20. The summed E-state index contributed by atoms with van der Waals surface area (Å²) < 4.78 is 0. The maximum Gasteiger partial charge on any atom is 0.0795 e.